The molecular formula is C55H64O7. The van der Waals surface area contributed by atoms with Crippen molar-refractivity contribution in [2.75, 3.05) is 7.11 Å². The first-order valence-electron chi connectivity index (χ1n) is 22.2. The Kier molecular flexibility index (Phi) is 12.4. The second kappa shape index (κ2) is 17.3. The van der Waals surface area contributed by atoms with Crippen LogP contribution in [0.2, 0.25) is 0 Å². The predicted molar refractivity (Wildman–Crippen MR) is 246 cm³/mol. The number of rotatable bonds is 9. The molecule has 0 spiro atoms. The Balaban J connectivity index is 1.10. The Morgan fingerprint density at radius 3 is 1.24 bits per heavy atom. The van der Waals surface area contributed by atoms with Crippen LogP contribution in [0, 0.1) is 50.4 Å². The first-order chi connectivity index (χ1) is 29.4. The van der Waals surface area contributed by atoms with Gasteiger partial charge in [-0.3, -0.25) is 0 Å². The van der Waals surface area contributed by atoms with E-state index in [1.807, 2.05) is 52.0 Å². The number of hydrogen-bond donors (Lipinski definition) is 0. The summed E-state index contributed by atoms with van der Waals surface area (Å²) in [5.41, 5.74) is 8.45. The molecule has 0 saturated heterocycles. The van der Waals surface area contributed by atoms with Crippen LogP contribution in [0.25, 0.3) is 0 Å². The van der Waals surface area contributed by atoms with Gasteiger partial charge in [0.2, 0.25) is 0 Å². The molecule has 7 nitrogen and oxygen atoms in total. The molecule has 62 heavy (non-hydrogen) atoms. The van der Waals surface area contributed by atoms with Crippen LogP contribution in [0.15, 0.2) is 103 Å². The summed E-state index contributed by atoms with van der Waals surface area (Å²) in [7, 11) is 1.54. The van der Waals surface area contributed by atoms with Gasteiger partial charge >= 0.3 is 12.3 Å². The number of ether oxygens (including phenoxy) is 5. The molecule has 0 amide bonds. The normalized spacial score (nSPS) is 22.9. The zero-order valence-corrected chi connectivity index (χ0v) is 38.6. The molecular weight excluding hydrogens is 773 g/mol. The molecule has 4 unspecified atom stereocenters. The van der Waals surface area contributed by atoms with Crippen molar-refractivity contribution in [3.8, 4) is 28.7 Å². The lowest BCUT2D eigenvalue weighted by Gasteiger charge is -2.49. The van der Waals surface area contributed by atoms with Gasteiger partial charge in [0.25, 0.3) is 0 Å². The fourth-order valence-electron chi connectivity index (χ4n) is 9.95. The highest BCUT2D eigenvalue weighted by atomic mass is 16.7. The van der Waals surface area contributed by atoms with Crippen LogP contribution < -0.4 is 23.7 Å². The maximum absolute atomic E-state index is 13.5. The smallest absolute Gasteiger partial charge is 0.493 e. The summed E-state index contributed by atoms with van der Waals surface area (Å²) in [6.07, 6.45) is 4.53. The van der Waals surface area contributed by atoms with E-state index in [1.165, 1.54) is 18.2 Å². The molecule has 0 aromatic heterocycles. The van der Waals surface area contributed by atoms with Crippen LogP contribution >= 0.6 is 0 Å². The third-order valence-electron chi connectivity index (χ3n) is 15.0. The molecule has 0 bridgehead atoms. The molecule has 4 atom stereocenters. The van der Waals surface area contributed by atoms with Crippen molar-refractivity contribution in [1.82, 2.24) is 0 Å². The van der Waals surface area contributed by atoms with Crippen molar-refractivity contribution < 1.29 is 33.3 Å². The van der Waals surface area contributed by atoms with Gasteiger partial charge in [0.05, 0.1) is 7.11 Å². The number of methoxy groups -OCH3 is 1. The predicted octanol–water partition coefficient (Wildman–Crippen LogP) is 14.3. The number of hydrogen-bond acceptors (Lipinski definition) is 7. The van der Waals surface area contributed by atoms with E-state index in [0.717, 1.165) is 71.9 Å². The fraction of sp³-hybridized carbons (Fsp3) is 0.418. The average Bonchev–Trinajstić information content (AvgIpc) is 3.23. The summed E-state index contributed by atoms with van der Waals surface area (Å²) < 4.78 is 28.5. The zero-order valence-electron chi connectivity index (χ0n) is 38.6. The summed E-state index contributed by atoms with van der Waals surface area (Å²) >= 11 is 0. The number of carbonyl (C=O) groups is 2. The Morgan fingerprint density at radius 1 is 0.468 bits per heavy atom. The highest BCUT2D eigenvalue weighted by Gasteiger charge is 2.46. The quantitative estimate of drug-likeness (QED) is 0.108. The van der Waals surface area contributed by atoms with Gasteiger partial charge in [0.15, 0.2) is 11.5 Å². The van der Waals surface area contributed by atoms with Crippen LogP contribution in [0.3, 0.4) is 0 Å². The second-order valence-corrected chi connectivity index (χ2v) is 19.7. The van der Waals surface area contributed by atoms with E-state index in [0.29, 0.717) is 40.6 Å². The molecule has 0 aliphatic heterocycles. The minimum atomic E-state index is -0.836. The minimum Gasteiger partial charge on any atom is -0.493 e. The first kappa shape index (κ1) is 44.5. The van der Waals surface area contributed by atoms with E-state index in [-0.39, 0.29) is 21.7 Å². The number of aryl methyl sites for hydroxylation is 4. The van der Waals surface area contributed by atoms with Crippen molar-refractivity contribution in [1.29, 1.82) is 0 Å². The van der Waals surface area contributed by atoms with E-state index in [9.17, 15) is 9.59 Å². The Morgan fingerprint density at radius 2 is 0.855 bits per heavy atom. The lowest BCUT2D eigenvalue weighted by molar-refractivity contribution is 0.107. The molecule has 7 heteroatoms. The Hall–Kier alpha value is -5.56. The van der Waals surface area contributed by atoms with Crippen molar-refractivity contribution in [2.45, 2.75) is 119 Å². The average molecular weight is 837 g/mol. The summed E-state index contributed by atoms with van der Waals surface area (Å²) in [4.78, 5) is 26.4. The highest BCUT2D eigenvalue weighted by Crippen LogP contribution is 2.55. The largest absolute Gasteiger partial charge is 0.519 e. The van der Waals surface area contributed by atoms with E-state index in [4.69, 9.17) is 23.7 Å². The van der Waals surface area contributed by atoms with E-state index in [1.54, 1.807) is 12.1 Å². The van der Waals surface area contributed by atoms with Crippen LogP contribution in [-0.4, -0.2) is 19.4 Å². The lowest BCUT2D eigenvalue weighted by atomic mass is 9.55. The maximum atomic E-state index is 13.5. The van der Waals surface area contributed by atoms with Gasteiger partial charge in [-0.1, -0.05) is 114 Å². The Labute approximate surface area is 369 Å². The van der Waals surface area contributed by atoms with Gasteiger partial charge < -0.3 is 23.7 Å². The summed E-state index contributed by atoms with van der Waals surface area (Å²) in [5, 5.41) is 0. The van der Waals surface area contributed by atoms with E-state index in [2.05, 4.69) is 108 Å². The lowest BCUT2D eigenvalue weighted by Crippen LogP contribution is -2.41. The SMILES string of the molecule is COc1cc(C)ccc1OC(=O)Oc1ccc(C2(c3ccc(OC(=O)Oc4ccc(C5(c6ccccc6)CCC(C)(C)C(C)C5)cc4C)c(C)c3)CCC(C)(C)C(C)C2)cc1C. The molecule has 0 heterocycles. The van der Waals surface area contributed by atoms with Gasteiger partial charge in [-0.2, -0.15) is 0 Å². The summed E-state index contributed by atoms with van der Waals surface area (Å²) in [5.74, 6) is 3.08. The molecule has 326 valence electrons. The van der Waals surface area contributed by atoms with Gasteiger partial charge in [-0.25, -0.2) is 9.59 Å². The zero-order chi connectivity index (χ0) is 44.6. The number of benzene rings is 5. The van der Waals surface area contributed by atoms with Crippen molar-refractivity contribution in [3.05, 3.63) is 148 Å². The monoisotopic (exact) mass is 836 g/mol. The molecule has 5 aromatic carbocycles. The van der Waals surface area contributed by atoms with E-state index < -0.39 is 12.3 Å². The van der Waals surface area contributed by atoms with Crippen molar-refractivity contribution in [2.24, 2.45) is 22.7 Å². The topological polar surface area (TPSA) is 80.3 Å². The first-order valence-corrected chi connectivity index (χ1v) is 22.2. The van der Waals surface area contributed by atoms with Crippen LogP contribution in [0.4, 0.5) is 9.59 Å². The third kappa shape index (κ3) is 8.86. The van der Waals surface area contributed by atoms with Crippen LogP contribution in [-0.2, 0) is 10.8 Å². The molecule has 2 fully saturated rings. The minimum absolute atomic E-state index is 0.110. The standard InChI is InChI=1S/C55H64O7/c1-35-17-21-48(49(29-35)58-11)62-51(57)61-47-24-20-44(32-38(47)4)55(28-26-53(9,10)40(6)34-55)43-19-23-46(37(3)31-43)60-50(56)59-45-22-18-42(30-36(45)2)54(41-15-13-12-14-16-41)27-25-52(7,8)39(5)33-54/h12-24,29-32,39-40H,25-28,33-34H2,1-11H3. The molecule has 5 aromatic rings. The molecule has 0 radical (unpaired) electrons. The molecule has 2 saturated carbocycles. The molecule has 2 aliphatic carbocycles. The van der Waals surface area contributed by atoms with E-state index >= 15 is 0 Å². The second-order valence-electron chi connectivity index (χ2n) is 19.7. The molecule has 2 aliphatic rings. The van der Waals surface area contributed by atoms with Gasteiger partial charge in [0.1, 0.15) is 17.2 Å². The van der Waals surface area contributed by atoms with Crippen LogP contribution in [0.5, 0.6) is 28.7 Å². The van der Waals surface area contributed by atoms with Crippen LogP contribution in [0.1, 0.15) is 125 Å². The third-order valence-corrected chi connectivity index (χ3v) is 15.0. The highest BCUT2D eigenvalue weighted by molar-refractivity contribution is 5.70. The summed E-state index contributed by atoms with van der Waals surface area (Å²) in [6, 6.07) is 34.6. The van der Waals surface area contributed by atoms with Gasteiger partial charge in [0, 0.05) is 10.8 Å². The van der Waals surface area contributed by atoms with Gasteiger partial charge in [-0.15, -0.1) is 0 Å². The maximum Gasteiger partial charge on any atom is 0.519 e. The van der Waals surface area contributed by atoms with Gasteiger partial charge in [-0.05, 0) is 164 Å². The van der Waals surface area contributed by atoms with Crippen molar-refractivity contribution >= 4 is 12.3 Å². The van der Waals surface area contributed by atoms with Crippen molar-refractivity contribution in [3.63, 3.8) is 0 Å². The summed E-state index contributed by atoms with van der Waals surface area (Å²) in [6.45, 7) is 22.0. The molecule has 7 rings (SSSR count). The number of carbonyl (C=O) groups excluding carboxylic acids is 2. The fourth-order valence-corrected chi connectivity index (χ4v) is 9.95. The molecule has 0 N–H and O–H groups in total. The Bertz CT molecular complexity index is 2450.